The van der Waals surface area contributed by atoms with Crippen molar-refractivity contribution >= 4 is 20.4 Å². The van der Waals surface area contributed by atoms with Crippen LogP contribution in [0.4, 0.5) is 13.6 Å². The van der Waals surface area contributed by atoms with Crippen LogP contribution in [-0.2, 0) is 26.8 Å². The molecule has 216 valence electrons. The Morgan fingerprint density at radius 3 is 1.74 bits per heavy atom. The van der Waals surface area contributed by atoms with E-state index in [1.165, 1.54) is 24.3 Å². The highest BCUT2D eigenvalue weighted by Crippen LogP contribution is 2.39. The molecule has 0 aromatic heterocycles. The first-order chi connectivity index (χ1) is 17.9. The molecule has 0 aliphatic rings. The van der Waals surface area contributed by atoms with E-state index in [2.05, 4.69) is 39.2 Å². The van der Waals surface area contributed by atoms with Crippen molar-refractivity contribution in [2.75, 3.05) is 0 Å². The summed E-state index contributed by atoms with van der Waals surface area (Å²) in [5.41, 5.74) is 0.698. The zero-order valence-electron chi connectivity index (χ0n) is 24.3. The van der Waals surface area contributed by atoms with E-state index in [0.29, 0.717) is 5.56 Å². The Bertz CT molecular complexity index is 1090. The zero-order chi connectivity index (χ0) is 29.6. The highest BCUT2D eigenvalue weighted by atomic mass is 28.4. The van der Waals surface area contributed by atoms with Crippen molar-refractivity contribution in [1.29, 1.82) is 0 Å². The van der Waals surface area contributed by atoms with Crippen LogP contribution in [0.2, 0.25) is 18.1 Å². The van der Waals surface area contributed by atoms with Crippen molar-refractivity contribution in [3.8, 4) is 0 Å². The maximum Gasteiger partial charge on any atom is 0.407 e. The minimum absolute atomic E-state index is 0.0981. The SMILES string of the molecule is CC(C)(C)OC(=O)NC(Cc1ccc(F)cc1)C(CC(Cc1ccc(F)cc1)C(=O)O)O[Si](C)(C)C(C)(C)C. The van der Waals surface area contributed by atoms with Gasteiger partial charge in [0.05, 0.1) is 18.1 Å². The summed E-state index contributed by atoms with van der Waals surface area (Å²) in [5.74, 6) is -2.65. The predicted molar refractivity (Wildman–Crippen MR) is 151 cm³/mol. The molecule has 6 nitrogen and oxygen atoms in total. The van der Waals surface area contributed by atoms with Crippen LogP contribution in [0, 0.1) is 17.6 Å². The Kier molecular flexibility index (Phi) is 10.8. The molecule has 0 bridgehead atoms. The number of carboxylic acids is 1. The highest BCUT2D eigenvalue weighted by molar-refractivity contribution is 6.74. The summed E-state index contributed by atoms with van der Waals surface area (Å²) >= 11 is 0. The number of rotatable bonds is 11. The van der Waals surface area contributed by atoms with Crippen molar-refractivity contribution in [3.05, 3.63) is 71.3 Å². The Morgan fingerprint density at radius 1 is 0.872 bits per heavy atom. The second-order valence-electron chi connectivity index (χ2n) is 12.6. The van der Waals surface area contributed by atoms with Gasteiger partial charge >= 0.3 is 12.1 Å². The number of amides is 1. The first-order valence-electron chi connectivity index (χ1n) is 13.3. The number of nitrogens with one attached hydrogen (secondary N) is 1. The molecule has 0 aliphatic heterocycles. The Hall–Kier alpha value is -2.78. The molecule has 3 atom stereocenters. The normalized spacial score (nSPS) is 14.8. The lowest BCUT2D eigenvalue weighted by Crippen LogP contribution is -2.54. The number of ether oxygens (including phenoxy) is 1. The number of carbonyl (C=O) groups excluding carboxylic acids is 1. The lowest BCUT2D eigenvalue weighted by molar-refractivity contribution is -0.142. The van der Waals surface area contributed by atoms with Crippen LogP contribution < -0.4 is 5.32 Å². The molecule has 0 spiro atoms. The fourth-order valence-corrected chi connectivity index (χ4v) is 5.29. The zero-order valence-corrected chi connectivity index (χ0v) is 25.3. The van der Waals surface area contributed by atoms with Gasteiger partial charge in [0.1, 0.15) is 17.2 Å². The average molecular weight is 564 g/mol. The molecule has 0 fully saturated rings. The number of halogens is 2. The van der Waals surface area contributed by atoms with Crippen LogP contribution >= 0.6 is 0 Å². The standard InChI is InChI=1S/C30H43F2NO5Si/c1-29(2,3)37-28(36)33-25(18-21-11-15-24(32)16-12-21)26(38-39(7,8)30(4,5)6)19-22(27(34)35)17-20-9-13-23(31)14-10-20/h9-16,22,25-26H,17-19H2,1-8H3,(H,33,36)(H,34,35). The van der Waals surface area contributed by atoms with Gasteiger partial charge in [0.25, 0.3) is 0 Å². The van der Waals surface area contributed by atoms with Crippen LogP contribution in [0.3, 0.4) is 0 Å². The molecular formula is C30H43F2NO5Si. The van der Waals surface area contributed by atoms with Gasteiger partial charge in [-0.1, -0.05) is 45.0 Å². The molecule has 2 aromatic carbocycles. The first kappa shape index (κ1) is 32.4. The molecule has 2 rings (SSSR count). The molecular weight excluding hydrogens is 520 g/mol. The number of hydrogen-bond acceptors (Lipinski definition) is 4. The lowest BCUT2D eigenvalue weighted by atomic mass is 9.89. The lowest BCUT2D eigenvalue weighted by Gasteiger charge is -2.42. The Morgan fingerprint density at radius 2 is 1.33 bits per heavy atom. The summed E-state index contributed by atoms with van der Waals surface area (Å²) in [6.45, 7) is 15.7. The van der Waals surface area contributed by atoms with Crippen LogP contribution in [-0.4, -0.2) is 43.2 Å². The van der Waals surface area contributed by atoms with Crippen LogP contribution in [0.15, 0.2) is 48.5 Å². The van der Waals surface area contributed by atoms with Crippen LogP contribution in [0.5, 0.6) is 0 Å². The summed E-state index contributed by atoms with van der Waals surface area (Å²) in [4.78, 5) is 25.4. The molecule has 9 heteroatoms. The van der Waals surface area contributed by atoms with E-state index in [1.807, 2.05) is 0 Å². The van der Waals surface area contributed by atoms with Gasteiger partial charge in [0.15, 0.2) is 8.32 Å². The Labute approximate surface area is 232 Å². The average Bonchev–Trinajstić information content (AvgIpc) is 2.78. The van der Waals surface area contributed by atoms with Crippen molar-refractivity contribution in [2.24, 2.45) is 5.92 Å². The van der Waals surface area contributed by atoms with Crippen molar-refractivity contribution in [2.45, 2.75) is 96.7 Å². The van der Waals surface area contributed by atoms with Gasteiger partial charge in [0.2, 0.25) is 0 Å². The van der Waals surface area contributed by atoms with Gasteiger partial charge < -0.3 is 19.6 Å². The topological polar surface area (TPSA) is 84.9 Å². The summed E-state index contributed by atoms with van der Waals surface area (Å²) < 4.78 is 39.4. The third kappa shape index (κ3) is 10.7. The third-order valence-electron chi connectivity index (χ3n) is 7.03. The maximum atomic E-state index is 13.6. The summed E-state index contributed by atoms with van der Waals surface area (Å²) in [5, 5.41) is 12.9. The van der Waals surface area contributed by atoms with Gasteiger partial charge in [-0.3, -0.25) is 4.79 Å². The Balaban J connectivity index is 2.49. The summed E-state index contributed by atoms with van der Waals surface area (Å²) in [7, 11) is -2.45. The van der Waals surface area contributed by atoms with E-state index in [0.717, 1.165) is 5.56 Å². The number of alkyl carbamates (subject to hydrolysis) is 1. The molecule has 1 amide bonds. The smallest absolute Gasteiger partial charge is 0.407 e. The second kappa shape index (κ2) is 13.0. The van der Waals surface area contributed by atoms with Gasteiger partial charge in [-0.2, -0.15) is 0 Å². The molecule has 0 saturated carbocycles. The number of benzene rings is 2. The molecule has 2 N–H and O–H groups in total. The highest BCUT2D eigenvalue weighted by Gasteiger charge is 2.42. The molecule has 0 radical (unpaired) electrons. The fourth-order valence-electron chi connectivity index (χ4n) is 3.92. The molecule has 39 heavy (non-hydrogen) atoms. The van der Waals surface area contributed by atoms with E-state index in [-0.39, 0.29) is 30.1 Å². The van der Waals surface area contributed by atoms with E-state index < -0.39 is 49.9 Å². The van der Waals surface area contributed by atoms with Crippen LogP contribution in [0.1, 0.15) is 59.1 Å². The van der Waals surface area contributed by atoms with Gasteiger partial charge in [-0.15, -0.1) is 0 Å². The molecule has 0 aliphatic carbocycles. The number of hydrogen-bond donors (Lipinski definition) is 2. The van der Waals surface area contributed by atoms with E-state index in [1.54, 1.807) is 45.0 Å². The molecule has 2 aromatic rings. The van der Waals surface area contributed by atoms with Crippen molar-refractivity contribution < 1.29 is 32.6 Å². The van der Waals surface area contributed by atoms with Crippen molar-refractivity contribution in [3.63, 3.8) is 0 Å². The van der Waals surface area contributed by atoms with E-state index in [4.69, 9.17) is 9.16 Å². The number of aliphatic carboxylic acids is 1. The predicted octanol–water partition coefficient (Wildman–Crippen LogP) is 7.12. The van der Waals surface area contributed by atoms with Crippen molar-refractivity contribution in [1.82, 2.24) is 5.32 Å². The maximum absolute atomic E-state index is 13.6. The third-order valence-corrected chi connectivity index (χ3v) is 11.5. The van der Waals surface area contributed by atoms with Crippen LogP contribution in [0.25, 0.3) is 0 Å². The summed E-state index contributed by atoms with van der Waals surface area (Å²) in [6.07, 6.45) is -0.792. The van der Waals surface area contributed by atoms with Gasteiger partial charge in [-0.05, 0) is 93.6 Å². The van der Waals surface area contributed by atoms with Gasteiger partial charge in [-0.25, -0.2) is 13.6 Å². The molecule has 3 unspecified atom stereocenters. The first-order valence-corrected chi connectivity index (χ1v) is 16.2. The largest absolute Gasteiger partial charge is 0.481 e. The quantitative estimate of drug-likeness (QED) is 0.284. The van der Waals surface area contributed by atoms with E-state index >= 15 is 0 Å². The number of carbonyl (C=O) groups is 2. The monoisotopic (exact) mass is 563 g/mol. The minimum atomic E-state index is -2.45. The molecule has 0 saturated heterocycles. The van der Waals surface area contributed by atoms with Gasteiger partial charge in [0, 0.05) is 0 Å². The second-order valence-corrected chi connectivity index (χ2v) is 17.4. The number of carboxylic acid groups (broad SMARTS) is 1. The fraction of sp³-hybridized carbons (Fsp3) is 0.533. The summed E-state index contributed by atoms with van der Waals surface area (Å²) in [6, 6.07) is 11.1. The minimum Gasteiger partial charge on any atom is -0.481 e. The van der Waals surface area contributed by atoms with E-state index in [9.17, 15) is 23.5 Å². The molecule has 0 heterocycles.